The summed E-state index contributed by atoms with van der Waals surface area (Å²) in [5, 5.41) is 15.7. The Balaban J connectivity index is 1.51. The Labute approximate surface area is 175 Å². The molecule has 1 atom stereocenters. The van der Waals surface area contributed by atoms with Crippen LogP contribution in [-0.2, 0) is 6.42 Å². The highest BCUT2D eigenvalue weighted by molar-refractivity contribution is 7.18. The number of nitrogens with zero attached hydrogens (tertiary/aromatic N) is 4. The van der Waals surface area contributed by atoms with Gasteiger partial charge in [0.1, 0.15) is 0 Å². The molecule has 0 spiro atoms. The van der Waals surface area contributed by atoms with Crippen molar-refractivity contribution in [1.29, 1.82) is 0 Å². The average Bonchev–Trinajstić information content (AvgIpc) is 3.31. The highest BCUT2D eigenvalue weighted by Crippen LogP contribution is 2.29. The second-order valence-electron chi connectivity index (χ2n) is 8.20. The van der Waals surface area contributed by atoms with Crippen LogP contribution in [0.25, 0.3) is 16.0 Å². The lowest BCUT2D eigenvalue weighted by atomic mass is 9.98. The minimum atomic E-state index is -0.660. The van der Waals surface area contributed by atoms with Gasteiger partial charge in [0.15, 0.2) is 5.82 Å². The molecule has 0 aliphatic carbocycles. The third kappa shape index (κ3) is 4.54. The van der Waals surface area contributed by atoms with Gasteiger partial charge in [-0.15, -0.1) is 11.3 Å². The van der Waals surface area contributed by atoms with Crippen LogP contribution < -0.4 is 0 Å². The summed E-state index contributed by atoms with van der Waals surface area (Å²) in [5.41, 5.74) is 3.76. The van der Waals surface area contributed by atoms with Gasteiger partial charge in [-0.25, -0.2) is 14.6 Å². The van der Waals surface area contributed by atoms with Crippen molar-refractivity contribution in [1.82, 2.24) is 19.7 Å². The van der Waals surface area contributed by atoms with E-state index < -0.39 is 5.60 Å². The maximum atomic E-state index is 9.88. The van der Waals surface area contributed by atoms with E-state index in [0.717, 1.165) is 34.0 Å². The van der Waals surface area contributed by atoms with Crippen LogP contribution in [0.15, 0.2) is 48.8 Å². The SMILES string of the molecule is Cc1nc2ccc(C(C)c3ccn(-c4ccc(CCC(C)(C)O)cn4)n3)cc2s1. The van der Waals surface area contributed by atoms with Crippen molar-refractivity contribution in [3.63, 3.8) is 0 Å². The Morgan fingerprint density at radius 2 is 2.00 bits per heavy atom. The van der Waals surface area contributed by atoms with Gasteiger partial charge >= 0.3 is 0 Å². The summed E-state index contributed by atoms with van der Waals surface area (Å²) in [6.45, 7) is 7.87. The molecule has 4 rings (SSSR count). The number of aryl methyl sites for hydroxylation is 2. The molecule has 0 saturated carbocycles. The van der Waals surface area contributed by atoms with Crippen molar-refractivity contribution in [3.8, 4) is 5.82 Å². The van der Waals surface area contributed by atoms with Gasteiger partial charge in [0.05, 0.1) is 26.5 Å². The number of hydrogen-bond donors (Lipinski definition) is 1. The van der Waals surface area contributed by atoms with Crippen molar-refractivity contribution >= 4 is 21.6 Å². The van der Waals surface area contributed by atoms with Gasteiger partial charge in [0, 0.05) is 18.3 Å². The van der Waals surface area contributed by atoms with E-state index in [-0.39, 0.29) is 5.92 Å². The fourth-order valence-electron chi connectivity index (χ4n) is 3.34. The standard InChI is InChI=1S/C23H26N4OS/c1-15(18-6-7-20-21(13-18)29-16(2)25-20)19-10-12-27(26-19)22-8-5-17(14-24-22)9-11-23(3,4)28/h5-8,10,12-15,28H,9,11H2,1-4H3. The smallest absolute Gasteiger partial charge is 0.153 e. The first-order valence-electron chi connectivity index (χ1n) is 9.89. The van der Waals surface area contributed by atoms with E-state index in [9.17, 15) is 5.11 Å². The normalized spacial score (nSPS) is 13.1. The lowest BCUT2D eigenvalue weighted by Gasteiger charge is -2.16. The van der Waals surface area contributed by atoms with Gasteiger partial charge < -0.3 is 5.11 Å². The molecular formula is C23H26N4OS. The molecule has 1 aromatic carbocycles. The molecule has 0 bridgehead atoms. The Bertz CT molecular complexity index is 1120. The monoisotopic (exact) mass is 406 g/mol. The van der Waals surface area contributed by atoms with Crippen LogP contribution in [0.3, 0.4) is 0 Å². The molecule has 1 unspecified atom stereocenters. The number of aliphatic hydroxyl groups is 1. The second kappa shape index (κ2) is 7.69. The Morgan fingerprint density at radius 3 is 2.72 bits per heavy atom. The summed E-state index contributed by atoms with van der Waals surface area (Å²) in [6, 6.07) is 12.5. The molecule has 1 N–H and O–H groups in total. The lowest BCUT2D eigenvalue weighted by Crippen LogP contribution is -2.19. The van der Waals surface area contributed by atoms with Gasteiger partial charge in [0.25, 0.3) is 0 Å². The minimum absolute atomic E-state index is 0.189. The van der Waals surface area contributed by atoms with Gasteiger partial charge in [-0.1, -0.05) is 19.1 Å². The number of benzene rings is 1. The van der Waals surface area contributed by atoms with E-state index in [2.05, 4.69) is 47.2 Å². The Hall–Kier alpha value is -2.57. The number of thiazole rings is 1. The predicted molar refractivity (Wildman–Crippen MR) is 118 cm³/mol. The van der Waals surface area contributed by atoms with Crippen molar-refractivity contribution in [3.05, 3.63) is 70.6 Å². The highest BCUT2D eigenvalue weighted by atomic mass is 32.1. The van der Waals surface area contributed by atoms with E-state index in [1.807, 2.05) is 43.9 Å². The average molecular weight is 407 g/mol. The number of aromatic nitrogens is 4. The molecule has 0 radical (unpaired) electrons. The van der Waals surface area contributed by atoms with E-state index >= 15 is 0 Å². The van der Waals surface area contributed by atoms with Gasteiger partial charge in [-0.05, 0) is 69.0 Å². The number of pyridine rings is 1. The zero-order chi connectivity index (χ0) is 20.6. The molecule has 4 aromatic rings. The molecule has 0 aliphatic heterocycles. The Morgan fingerprint density at radius 1 is 1.17 bits per heavy atom. The molecule has 6 heteroatoms. The van der Waals surface area contributed by atoms with Crippen LogP contribution in [0.5, 0.6) is 0 Å². The quantitative estimate of drug-likeness (QED) is 0.487. The summed E-state index contributed by atoms with van der Waals surface area (Å²) in [4.78, 5) is 9.09. The van der Waals surface area contributed by atoms with E-state index in [1.54, 1.807) is 11.3 Å². The van der Waals surface area contributed by atoms with Crippen LogP contribution in [0, 0.1) is 6.92 Å². The molecule has 0 amide bonds. The summed E-state index contributed by atoms with van der Waals surface area (Å²) in [5.74, 6) is 0.984. The molecule has 3 heterocycles. The zero-order valence-electron chi connectivity index (χ0n) is 17.3. The predicted octanol–water partition coefficient (Wildman–Crippen LogP) is 5.04. The van der Waals surface area contributed by atoms with Crippen molar-refractivity contribution in [2.24, 2.45) is 0 Å². The highest BCUT2D eigenvalue weighted by Gasteiger charge is 2.15. The summed E-state index contributed by atoms with van der Waals surface area (Å²) in [6.07, 6.45) is 5.34. The van der Waals surface area contributed by atoms with E-state index in [4.69, 9.17) is 5.10 Å². The fraction of sp³-hybridized carbons (Fsp3) is 0.348. The topological polar surface area (TPSA) is 63.8 Å². The van der Waals surface area contributed by atoms with Crippen molar-refractivity contribution in [2.45, 2.75) is 52.1 Å². The summed E-state index contributed by atoms with van der Waals surface area (Å²) >= 11 is 1.73. The molecule has 0 fully saturated rings. The number of hydrogen-bond acceptors (Lipinski definition) is 5. The zero-order valence-corrected chi connectivity index (χ0v) is 18.1. The molecule has 5 nitrogen and oxygen atoms in total. The molecule has 0 saturated heterocycles. The Kier molecular flexibility index (Phi) is 5.23. The van der Waals surface area contributed by atoms with Crippen LogP contribution in [0.2, 0.25) is 0 Å². The second-order valence-corrected chi connectivity index (χ2v) is 9.44. The van der Waals surface area contributed by atoms with Gasteiger partial charge in [-0.3, -0.25) is 0 Å². The van der Waals surface area contributed by atoms with Crippen LogP contribution >= 0.6 is 11.3 Å². The maximum Gasteiger partial charge on any atom is 0.153 e. The summed E-state index contributed by atoms with van der Waals surface area (Å²) < 4.78 is 3.04. The lowest BCUT2D eigenvalue weighted by molar-refractivity contribution is 0.0714. The van der Waals surface area contributed by atoms with Crippen LogP contribution in [-0.4, -0.2) is 30.5 Å². The van der Waals surface area contributed by atoms with Gasteiger partial charge in [0.2, 0.25) is 0 Å². The minimum Gasteiger partial charge on any atom is -0.390 e. The van der Waals surface area contributed by atoms with Crippen molar-refractivity contribution < 1.29 is 5.11 Å². The van der Waals surface area contributed by atoms with Gasteiger partial charge in [-0.2, -0.15) is 5.10 Å². The number of fused-ring (bicyclic) bond motifs is 1. The molecule has 150 valence electrons. The molecule has 29 heavy (non-hydrogen) atoms. The third-order valence-corrected chi connectivity index (χ3v) is 6.08. The number of rotatable bonds is 6. The van der Waals surface area contributed by atoms with Crippen LogP contribution in [0.4, 0.5) is 0 Å². The largest absolute Gasteiger partial charge is 0.390 e. The third-order valence-electron chi connectivity index (χ3n) is 5.14. The first-order chi connectivity index (χ1) is 13.8. The fourth-order valence-corrected chi connectivity index (χ4v) is 4.22. The van der Waals surface area contributed by atoms with E-state index in [0.29, 0.717) is 6.42 Å². The van der Waals surface area contributed by atoms with Crippen molar-refractivity contribution in [2.75, 3.05) is 0 Å². The summed E-state index contributed by atoms with van der Waals surface area (Å²) in [7, 11) is 0. The first kappa shape index (κ1) is 19.7. The molecular weight excluding hydrogens is 380 g/mol. The van der Waals surface area contributed by atoms with Crippen LogP contribution in [0.1, 0.15) is 54.9 Å². The van der Waals surface area contributed by atoms with E-state index in [1.165, 1.54) is 10.3 Å². The maximum absolute atomic E-state index is 9.88. The first-order valence-corrected chi connectivity index (χ1v) is 10.7. The molecule has 3 aromatic heterocycles. The molecule has 0 aliphatic rings.